The molecular weight excluding hydrogens is 1000 g/mol. The Kier molecular flexibility index (Phi) is 25.6. The van der Waals surface area contributed by atoms with Gasteiger partial charge in [0.25, 0.3) is 11.8 Å². The number of anilines is 2. The second-order valence-corrected chi connectivity index (χ2v) is 28.9. The maximum atomic E-state index is 12.2. The molecule has 3 aromatic rings. The van der Waals surface area contributed by atoms with E-state index in [1.807, 2.05) is 34.9 Å². The van der Waals surface area contributed by atoms with Crippen LogP contribution in [0.5, 0.6) is 0 Å². The fraction of sp³-hybridized carbons (Fsp3) is 0.552. The quantitative estimate of drug-likeness (QED) is 0.0656. The standard InChI is InChI=1S/C21H27N2.C18H33P.C7H10F2.C7H6.C5H6F2.2ClH.Ru/c1-14-9-16(3)20(17(4)10-14)22-7-8-23(13-22)21-18(5)11-15(2)12-19(21)6;1-4-10-16(11-5-1)19(17-12-6-2-7-13-17)18-14-8-3-9-15-18;1-3-5-6-7(8,9)4-2;1-7-5-3-2-4-6-7;6-5(7)3-1-2-4-5;;;/h9-13H,7-8H2,1-6H3;16-18H,1-15H2;3-4H,1-2,5-6H2;1-6H;1,3H,2,4H2;2*1H;/q-1;;;;;;;+2/p-1. The van der Waals surface area contributed by atoms with Gasteiger partial charge in [0.05, 0.1) is 17.0 Å². The van der Waals surface area contributed by atoms with Crippen LogP contribution in [0.3, 0.4) is 0 Å². The van der Waals surface area contributed by atoms with Crippen molar-refractivity contribution in [1.29, 1.82) is 0 Å². The fourth-order valence-corrected chi connectivity index (χ4v) is 18.1. The summed E-state index contributed by atoms with van der Waals surface area (Å²) in [7, 11) is 11.3. The van der Waals surface area contributed by atoms with Crippen LogP contribution >= 0.6 is 27.3 Å². The molecule has 0 bridgehead atoms. The first-order valence-electron chi connectivity index (χ1n) is 25.4. The molecule has 10 heteroatoms. The molecule has 380 valence electrons. The number of aryl methyl sites for hydroxylation is 6. The van der Waals surface area contributed by atoms with Gasteiger partial charge in [0, 0.05) is 45.2 Å². The summed E-state index contributed by atoms with van der Waals surface area (Å²) in [5.41, 5.74) is 15.6. The van der Waals surface area contributed by atoms with Crippen molar-refractivity contribution < 1.29 is 31.1 Å². The van der Waals surface area contributed by atoms with Crippen molar-refractivity contribution in [1.82, 2.24) is 0 Å². The Hall–Kier alpha value is -2.30. The zero-order chi connectivity index (χ0) is 49.7. The van der Waals surface area contributed by atoms with E-state index in [0.717, 1.165) is 24.7 Å². The monoisotopic (exact) mass is 1090 g/mol. The third-order valence-electron chi connectivity index (χ3n) is 13.9. The molecule has 1 aliphatic heterocycles. The predicted octanol–water partition coefficient (Wildman–Crippen LogP) is 18.7. The second-order valence-electron chi connectivity index (χ2n) is 19.7. The van der Waals surface area contributed by atoms with E-state index in [9.17, 15) is 17.6 Å². The van der Waals surface area contributed by atoms with Gasteiger partial charge in [0.15, 0.2) is 0 Å². The number of rotatable bonds is 10. The third-order valence-corrected chi connectivity index (χ3v) is 20.3. The Labute approximate surface area is 424 Å². The van der Waals surface area contributed by atoms with Crippen molar-refractivity contribution in [3.8, 4) is 0 Å². The van der Waals surface area contributed by atoms with Gasteiger partial charge in [-0.15, -0.1) is 6.58 Å². The van der Waals surface area contributed by atoms with Crippen LogP contribution in [-0.2, 0) is 13.5 Å². The molecule has 0 amide bonds. The van der Waals surface area contributed by atoms with Crippen molar-refractivity contribution in [2.24, 2.45) is 0 Å². The van der Waals surface area contributed by atoms with E-state index in [-0.39, 0.29) is 20.8 Å². The molecule has 8 rings (SSSR count). The molecule has 1 saturated heterocycles. The Morgan fingerprint density at radius 3 is 1.41 bits per heavy atom. The molecule has 0 N–H and O–H groups in total. The molecule has 3 aromatic carbocycles. The molecule has 5 aliphatic rings. The zero-order valence-corrected chi connectivity index (χ0v) is 46.4. The first-order valence-corrected chi connectivity index (χ1v) is 32.6. The molecule has 4 aliphatic carbocycles. The normalized spacial score (nSPS) is 18.8. The average Bonchev–Trinajstić information content (AvgIpc) is 3.95. The summed E-state index contributed by atoms with van der Waals surface area (Å²) in [6, 6.07) is 19.0. The Morgan fingerprint density at radius 1 is 0.691 bits per heavy atom. The van der Waals surface area contributed by atoms with Gasteiger partial charge in [0.2, 0.25) is 0 Å². The fourth-order valence-electron chi connectivity index (χ4n) is 11.0. The first-order chi connectivity index (χ1) is 32.4. The van der Waals surface area contributed by atoms with E-state index in [4.69, 9.17) is 19.4 Å². The van der Waals surface area contributed by atoms with Gasteiger partial charge in [-0.3, -0.25) is 0 Å². The zero-order valence-electron chi connectivity index (χ0n) is 42.2. The van der Waals surface area contributed by atoms with Gasteiger partial charge in [-0.2, -0.15) is 6.67 Å². The maximum absolute atomic E-state index is 12.2. The third kappa shape index (κ3) is 20.1. The molecule has 1 heterocycles. The van der Waals surface area contributed by atoms with E-state index in [0.29, 0.717) is 18.9 Å². The van der Waals surface area contributed by atoms with Crippen LogP contribution in [0.15, 0.2) is 92.1 Å². The van der Waals surface area contributed by atoms with Crippen molar-refractivity contribution in [2.45, 2.75) is 192 Å². The summed E-state index contributed by atoms with van der Waals surface area (Å²) < 4.78 is 50.0. The van der Waals surface area contributed by atoms with E-state index in [1.165, 1.54) is 73.9 Å². The SMILES string of the molecule is C1CCC([PH+](C2CCCCC2)C2CCCCC2)CC1.C=CCCC(F)(F)C=C.Cc1cc(C)c(N2[CH-]N(c3c(C)cc(C)cc3C)CC2)c(C)c1.FC1(F)C=CCC1.[Cl][Ru]([Cl])=[CH]c1ccccc1. The molecule has 0 aromatic heterocycles. The summed E-state index contributed by atoms with van der Waals surface area (Å²) in [6.07, 6.45) is 29.1. The second kappa shape index (κ2) is 29.9. The van der Waals surface area contributed by atoms with Crippen LogP contribution in [0.1, 0.15) is 161 Å². The Bertz CT molecular complexity index is 1880. The minimum absolute atomic E-state index is 0.00694. The van der Waals surface area contributed by atoms with E-state index in [1.54, 1.807) is 96.3 Å². The molecule has 3 saturated carbocycles. The van der Waals surface area contributed by atoms with Gasteiger partial charge >= 0.3 is 73.4 Å². The number of hydrogen-bond acceptors (Lipinski definition) is 2. The summed E-state index contributed by atoms with van der Waals surface area (Å²) in [5.74, 6) is -5.20. The van der Waals surface area contributed by atoms with Crippen molar-refractivity contribution >= 4 is 43.3 Å². The Balaban J connectivity index is 0.000000200. The predicted molar refractivity (Wildman–Crippen MR) is 290 cm³/mol. The molecule has 4 fully saturated rings. The molecule has 2 nitrogen and oxygen atoms in total. The topological polar surface area (TPSA) is 6.48 Å². The minimum atomic E-state index is -2.71. The van der Waals surface area contributed by atoms with Gasteiger partial charge in [0.1, 0.15) is 0 Å². The molecule has 0 unspecified atom stereocenters. The summed E-state index contributed by atoms with van der Waals surface area (Å²) in [4.78, 5) is 4.81. The molecule has 0 spiro atoms. The van der Waals surface area contributed by atoms with Gasteiger partial charge in [-0.25, -0.2) is 17.6 Å². The number of halogens is 6. The van der Waals surface area contributed by atoms with Crippen LogP contribution in [0, 0.1) is 48.2 Å². The molecular formula is C58H83Cl2F4N2PRu. The van der Waals surface area contributed by atoms with Crippen LogP contribution in [0.4, 0.5) is 28.9 Å². The van der Waals surface area contributed by atoms with E-state index in [2.05, 4.69) is 95.4 Å². The van der Waals surface area contributed by atoms with Gasteiger partial charge in [-0.1, -0.05) is 73.4 Å². The number of allylic oxidation sites excluding steroid dienone is 4. The van der Waals surface area contributed by atoms with Crippen LogP contribution in [-0.4, -0.2) is 46.5 Å². The van der Waals surface area contributed by atoms with Crippen molar-refractivity contribution in [3.05, 3.63) is 138 Å². The van der Waals surface area contributed by atoms with Crippen LogP contribution in [0.2, 0.25) is 0 Å². The molecule has 0 atom stereocenters. The number of alkyl halides is 4. The van der Waals surface area contributed by atoms with Gasteiger partial charge in [-0.05, 0) is 166 Å². The van der Waals surface area contributed by atoms with Crippen molar-refractivity contribution in [2.75, 3.05) is 22.9 Å². The average molecular weight is 1090 g/mol. The van der Waals surface area contributed by atoms with Crippen LogP contribution in [0.25, 0.3) is 0 Å². The summed E-state index contributed by atoms with van der Waals surface area (Å²) in [5, 5.41) is 0. The van der Waals surface area contributed by atoms with E-state index < -0.39 is 25.4 Å². The summed E-state index contributed by atoms with van der Waals surface area (Å²) >= 11 is -1.61. The first kappa shape index (κ1) is 58.3. The van der Waals surface area contributed by atoms with Crippen LogP contribution < -0.4 is 9.80 Å². The molecule has 0 radical (unpaired) electrons. The number of nitrogens with zero attached hydrogens (tertiary/aromatic N) is 2. The molecule has 68 heavy (non-hydrogen) atoms. The summed E-state index contributed by atoms with van der Waals surface area (Å²) in [6.45, 7) is 23.9. The Morgan fingerprint density at radius 2 is 1.10 bits per heavy atom. The number of hydrogen-bond donors (Lipinski definition) is 0. The van der Waals surface area contributed by atoms with Crippen molar-refractivity contribution in [3.63, 3.8) is 0 Å². The van der Waals surface area contributed by atoms with E-state index >= 15 is 0 Å². The number of benzene rings is 3. The van der Waals surface area contributed by atoms with Gasteiger partial charge < -0.3 is 9.80 Å².